The van der Waals surface area contributed by atoms with Gasteiger partial charge in [0.05, 0.1) is 6.04 Å². The van der Waals surface area contributed by atoms with Crippen LogP contribution >= 0.6 is 11.8 Å². The first-order valence-electron chi connectivity index (χ1n) is 4.59. The fourth-order valence-corrected chi connectivity index (χ4v) is 2.50. The molecule has 1 saturated heterocycles. The number of amides is 1. The van der Waals surface area contributed by atoms with Crippen LogP contribution in [-0.4, -0.2) is 52.8 Å². The van der Waals surface area contributed by atoms with Crippen molar-refractivity contribution in [3.8, 4) is 0 Å². The molecular formula is C8H16N2O2S2. The van der Waals surface area contributed by atoms with Crippen molar-refractivity contribution in [3.63, 3.8) is 0 Å². The third kappa shape index (κ3) is 4.43. The molecule has 0 spiro atoms. The van der Waals surface area contributed by atoms with Crippen molar-refractivity contribution in [3.05, 3.63) is 0 Å². The van der Waals surface area contributed by atoms with E-state index in [1.54, 1.807) is 18.0 Å². The van der Waals surface area contributed by atoms with Crippen molar-refractivity contribution in [1.29, 1.82) is 0 Å². The third-order valence-corrected chi connectivity index (χ3v) is 3.77. The molecule has 2 unspecified atom stereocenters. The minimum absolute atomic E-state index is 0.0302. The molecule has 0 saturated carbocycles. The normalized spacial score (nSPS) is 24.2. The van der Waals surface area contributed by atoms with Gasteiger partial charge >= 0.3 is 0 Å². The number of carbonyl (C=O) groups is 1. The van der Waals surface area contributed by atoms with Crippen molar-refractivity contribution >= 4 is 28.5 Å². The Bertz CT molecular complexity index is 217. The quantitative estimate of drug-likeness (QED) is 0.670. The largest absolute Gasteiger partial charge is 0.354 e. The summed E-state index contributed by atoms with van der Waals surface area (Å²) in [4.78, 5) is 11.5. The summed E-state index contributed by atoms with van der Waals surface area (Å²) in [7, 11) is -0.827. The lowest BCUT2D eigenvalue weighted by Crippen LogP contribution is -2.49. The summed E-state index contributed by atoms with van der Waals surface area (Å²) in [6, 6.07) is -0.0703. The first-order valence-corrected chi connectivity index (χ1v) is 7.47. The fraction of sp³-hybridized carbons (Fsp3) is 0.875. The van der Waals surface area contributed by atoms with Crippen molar-refractivity contribution in [2.45, 2.75) is 6.04 Å². The highest BCUT2D eigenvalue weighted by Crippen LogP contribution is 2.07. The van der Waals surface area contributed by atoms with Gasteiger partial charge in [0.15, 0.2) is 0 Å². The molecule has 0 aromatic carbocycles. The van der Waals surface area contributed by atoms with Gasteiger partial charge in [-0.15, -0.1) is 0 Å². The van der Waals surface area contributed by atoms with Crippen LogP contribution in [0.5, 0.6) is 0 Å². The highest BCUT2D eigenvalue weighted by molar-refractivity contribution is 7.99. The molecule has 1 aliphatic heterocycles. The maximum Gasteiger partial charge on any atom is 0.238 e. The van der Waals surface area contributed by atoms with Crippen LogP contribution < -0.4 is 10.6 Å². The second kappa shape index (κ2) is 6.42. The molecule has 4 nitrogen and oxygen atoms in total. The number of hydrogen-bond donors (Lipinski definition) is 2. The van der Waals surface area contributed by atoms with Gasteiger partial charge < -0.3 is 10.6 Å². The topological polar surface area (TPSA) is 58.2 Å². The van der Waals surface area contributed by atoms with E-state index in [4.69, 9.17) is 0 Å². The number of nitrogens with one attached hydrogen (secondary N) is 2. The molecule has 1 heterocycles. The fourth-order valence-electron chi connectivity index (χ4n) is 1.17. The minimum atomic E-state index is -0.827. The number of rotatable bonds is 4. The van der Waals surface area contributed by atoms with E-state index in [1.807, 2.05) is 0 Å². The first-order chi connectivity index (χ1) is 6.70. The number of hydrogen-bond acceptors (Lipinski definition) is 4. The SMILES string of the molecule is CS(=O)CCNC(=O)C1CSCCN1. The summed E-state index contributed by atoms with van der Waals surface area (Å²) < 4.78 is 10.7. The van der Waals surface area contributed by atoms with Gasteiger partial charge in [-0.2, -0.15) is 11.8 Å². The van der Waals surface area contributed by atoms with E-state index in [9.17, 15) is 9.00 Å². The lowest BCUT2D eigenvalue weighted by atomic mass is 10.3. The number of carbonyl (C=O) groups excluding carboxylic acids is 1. The molecule has 1 aliphatic rings. The average Bonchev–Trinajstić information content (AvgIpc) is 2.18. The van der Waals surface area contributed by atoms with Crippen molar-refractivity contribution in [2.24, 2.45) is 0 Å². The van der Waals surface area contributed by atoms with Crippen molar-refractivity contribution < 1.29 is 9.00 Å². The van der Waals surface area contributed by atoms with E-state index in [1.165, 1.54) is 0 Å². The second-order valence-electron chi connectivity index (χ2n) is 3.15. The van der Waals surface area contributed by atoms with Crippen LogP contribution in [0.4, 0.5) is 0 Å². The Kier molecular flexibility index (Phi) is 5.50. The van der Waals surface area contributed by atoms with Gasteiger partial charge in [0.25, 0.3) is 0 Å². The molecule has 1 amide bonds. The Morgan fingerprint density at radius 2 is 2.50 bits per heavy atom. The van der Waals surface area contributed by atoms with Gasteiger partial charge in [0.1, 0.15) is 0 Å². The molecule has 82 valence electrons. The maximum absolute atomic E-state index is 11.5. The van der Waals surface area contributed by atoms with Crippen LogP contribution in [0.3, 0.4) is 0 Å². The van der Waals surface area contributed by atoms with Gasteiger partial charge in [-0.25, -0.2) is 0 Å². The van der Waals surface area contributed by atoms with Gasteiger partial charge in [-0.1, -0.05) is 0 Å². The van der Waals surface area contributed by atoms with E-state index >= 15 is 0 Å². The van der Waals surface area contributed by atoms with E-state index in [-0.39, 0.29) is 11.9 Å². The highest BCUT2D eigenvalue weighted by atomic mass is 32.2. The molecule has 0 aromatic heterocycles. The van der Waals surface area contributed by atoms with Crippen molar-refractivity contribution in [2.75, 3.05) is 36.6 Å². The Balaban J connectivity index is 2.16. The first kappa shape index (κ1) is 12.0. The second-order valence-corrected chi connectivity index (χ2v) is 5.85. The molecule has 1 rings (SSSR count). The summed E-state index contributed by atoms with van der Waals surface area (Å²) in [5.41, 5.74) is 0. The van der Waals surface area contributed by atoms with Gasteiger partial charge in [-0.05, 0) is 0 Å². The summed E-state index contributed by atoms with van der Waals surface area (Å²) in [6.45, 7) is 1.40. The lowest BCUT2D eigenvalue weighted by Gasteiger charge is -2.22. The summed E-state index contributed by atoms with van der Waals surface area (Å²) in [5, 5.41) is 5.92. The van der Waals surface area contributed by atoms with Crippen LogP contribution in [0.25, 0.3) is 0 Å². The molecule has 0 radical (unpaired) electrons. The van der Waals surface area contributed by atoms with E-state index in [0.717, 1.165) is 18.1 Å². The average molecular weight is 236 g/mol. The van der Waals surface area contributed by atoms with E-state index in [0.29, 0.717) is 12.3 Å². The Hall–Kier alpha value is -0.0700. The smallest absolute Gasteiger partial charge is 0.238 e. The standard InChI is InChI=1S/C8H16N2O2S2/c1-14(12)5-3-10-8(11)7-6-13-4-2-9-7/h7,9H,2-6H2,1H3,(H,10,11). The summed E-state index contributed by atoms with van der Waals surface area (Å²) in [6.07, 6.45) is 1.64. The van der Waals surface area contributed by atoms with Crippen LogP contribution in [0.2, 0.25) is 0 Å². The summed E-state index contributed by atoms with van der Waals surface area (Å²) >= 11 is 1.79. The maximum atomic E-state index is 11.5. The Labute approximate surface area is 91.0 Å². The highest BCUT2D eigenvalue weighted by Gasteiger charge is 2.19. The van der Waals surface area contributed by atoms with Crippen LogP contribution in [0.15, 0.2) is 0 Å². The predicted octanol–water partition coefficient (Wildman–Crippen LogP) is -0.814. The van der Waals surface area contributed by atoms with Gasteiger partial charge in [0.2, 0.25) is 5.91 Å². The molecular weight excluding hydrogens is 220 g/mol. The molecule has 0 bridgehead atoms. The summed E-state index contributed by atoms with van der Waals surface area (Å²) in [5.74, 6) is 2.47. The lowest BCUT2D eigenvalue weighted by molar-refractivity contribution is -0.122. The minimum Gasteiger partial charge on any atom is -0.354 e. The molecule has 0 aromatic rings. The molecule has 1 fully saturated rings. The number of thioether (sulfide) groups is 1. The zero-order valence-electron chi connectivity index (χ0n) is 8.25. The monoisotopic (exact) mass is 236 g/mol. The third-order valence-electron chi connectivity index (χ3n) is 1.93. The van der Waals surface area contributed by atoms with E-state index < -0.39 is 10.8 Å². The molecule has 14 heavy (non-hydrogen) atoms. The van der Waals surface area contributed by atoms with Crippen molar-refractivity contribution in [1.82, 2.24) is 10.6 Å². The zero-order valence-corrected chi connectivity index (χ0v) is 9.88. The van der Waals surface area contributed by atoms with Gasteiger partial charge in [-0.3, -0.25) is 9.00 Å². The molecule has 2 N–H and O–H groups in total. The molecule has 2 atom stereocenters. The van der Waals surface area contributed by atoms with Crippen LogP contribution in [0, 0.1) is 0 Å². The Morgan fingerprint density at radius 3 is 3.07 bits per heavy atom. The van der Waals surface area contributed by atoms with E-state index in [2.05, 4.69) is 10.6 Å². The predicted molar refractivity (Wildman–Crippen MR) is 61.1 cm³/mol. The Morgan fingerprint density at radius 1 is 1.71 bits per heavy atom. The van der Waals surface area contributed by atoms with Crippen LogP contribution in [-0.2, 0) is 15.6 Å². The molecule has 6 heteroatoms. The van der Waals surface area contributed by atoms with Gasteiger partial charge in [0, 0.05) is 47.4 Å². The zero-order chi connectivity index (χ0) is 10.4. The molecule has 0 aliphatic carbocycles. The van der Waals surface area contributed by atoms with Crippen LogP contribution in [0.1, 0.15) is 0 Å².